The molecule has 2 aliphatic rings. The lowest BCUT2D eigenvalue weighted by Crippen LogP contribution is -2.52. The van der Waals surface area contributed by atoms with Crippen LogP contribution >= 0.6 is 0 Å². The monoisotopic (exact) mass is 455 g/mol. The van der Waals surface area contributed by atoms with Crippen LogP contribution in [0.3, 0.4) is 0 Å². The molecular formula is C20H24F3N5O4. The number of carbonyl (C=O) groups is 2. The number of carboxylic acids is 1. The molecule has 2 aromatic rings. The topological polar surface area (TPSA) is 112 Å². The highest BCUT2D eigenvalue weighted by atomic mass is 19.4. The van der Waals surface area contributed by atoms with Crippen LogP contribution in [0.1, 0.15) is 23.3 Å². The predicted molar refractivity (Wildman–Crippen MR) is 107 cm³/mol. The Kier molecular flexibility index (Phi) is 7.33. The largest absolute Gasteiger partial charge is 0.490 e. The summed E-state index contributed by atoms with van der Waals surface area (Å²) in [6, 6.07) is 5.78. The number of anilines is 1. The highest BCUT2D eigenvalue weighted by Crippen LogP contribution is 2.34. The predicted octanol–water partition coefficient (Wildman–Crippen LogP) is 2.20. The van der Waals surface area contributed by atoms with Crippen LogP contribution in [0.15, 0.2) is 36.8 Å². The van der Waals surface area contributed by atoms with E-state index >= 15 is 0 Å². The zero-order chi connectivity index (χ0) is 23.2. The molecule has 2 saturated heterocycles. The van der Waals surface area contributed by atoms with E-state index in [9.17, 15) is 18.0 Å². The molecule has 0 radical (unpaired) electrons. The Bertz CT molecular complexity index is 894. The lowest BCUT2D eigenvalue weighted by Gasteiger charge is -2.43. The molecule has 32 heavy (non-hydrogen) atoms. The van der Waals surface area contributed by atoms with Gasteiger partial charge in [-0.3, -0.25) is 14.9 Å². The summed E-state index contributed by atoms with van der Waals surface area (Å²) in [5.74, 6) is -2.73. The number of nitrogens with zero attached hydrogens (tertiary/aromatic N) is 4. The minimum absolute atomic E-state index is 0.0220. The maximum absolute atomic E-state index is 12.7. The molecule has 9 nitrogen and oxygen atoms in total. The van der Waals surface area contributed by atoms with Crippen LogP contribution in [0.2, 0.25) is 0 Å². The number of hydrogen-bond donors (Lipinski definition) is 2. The minimum atomic E-state index is -5.08. The zero-order valence-electron chi connectivity index (χ0n) is 17.2. The highest BCUT2D eigenvalue weighted by Gasteiger charge is 2.41. The van der Waals surface area contributed by atoms with Gasteiger partial charge in [-0.15, -0.1) is 0 Å². The van der Waals surface area contributed by atoms with Gasteiger partial charge in [-0.2, -0.15) is 18.3 Å². The molecule has 0 bridgehead atoms. The van der Waals surface area contributed by atoms with Gasteiger partial charge in [0.1, 0.15) is 5.69 Å². The van der Waals surface area contributed by atoms with Gasteiger partial charge in [0.2, 0.25) is 0 Å². The van der Waals surface area contributed by atoms with Crippen LogP contribution in [-0.2, 0) is 9.53 Å². The van der Waals surface area contributed by atoms with Gasteiger partial charge in [-0.1, -0.05) is 0 Å². The van der Waals surface area contributed by atoms with Crippen LogP contribution in [-0.4, -0.2) is 82.6 Å². The second-order valence-corrected chi connectivity index (χ2v) is 7.79. The van der Waals surface area contributed by atoms with Gasteiger partial charge in [0.15, 0.2) is 0 Å². The van der Waals surface area contributed by atoms with Crippen molar-refractivity contribution >= 4 is 17.6 Å². The molecule has 4 rings (SSSR count). The number of alkyl halides is 3. The number of amides is 1. The highest BCUT2D eigenvalue weighted by molar-refractivity contribution is 5.92. The Hall–Kier alpha value is -3.15. The normalized spacial score (nSPS) is 21.5. The van der Waals surface area contributed by atoms with E-state index in [0.29, 0.717) is 25.5 Å². The molecular weight excluding hydrogens is 431 g/mol. The molecule has 1 unspecified atom stereocenters. The van der Waals surface area contributed by atoms with Gasteiger partial charge in [0.05, 0.1) is 25.1 Å². The fourth-order valence-electron chi connectivity index (χ4n) is 3.93. The van der Waals surface area contributed by atoms with E-state index < -0.39 is 12.1 Å². The average molecular weight is 455 g/mol. The number of aromatic amines is 1. The number of hydrogen-bond acceptors (Lipinski definition) is 6. The standard InChI is InChI=1S/C18H23N5O2.C2HF3O2/c24-17(16-4-7-20-21-16)23-8-2-5-18(13-23)12-22(9-10-25-14-18)15-3-1-6-19-11-15;3-2(4,5)1(6)7/h1,3-4,6-7,11H,2,5,8-10,12-14H2,(H,20,21);(H,6,7). The summed E-state index contributed by atoms with van der Waals surface area (Å²) in [6.07, 6.45) is 2.28. The second kappa shape index (κ2) is 9.98. The van der Waals surface area contributed by atoms with E-state index in [4.69, 9.17) is 14.6 Å². The number of aromatic nitrogens is 3. The Balaban J connectivity index is 0.000000360. The number of rotatable bonds is 2. The molecule has 2 aliphatic heterocycles. The van der Waals surface area contributed by atoms with Crippen molar-refractivity contribution in [2.45, 2.75) is 19.0 Å². The van der Waals surface area contributed by atoms with E-state index in [1.165, 1.54) is 0 Å². The Morgan fingerprint density at radius 1 is 1.19 bits per heavy atom. The molecule has 0 aliphatic carbocycles. The van der Waals surface area contributed by atoms with Gasteiger partial charge in [-0.25, -0.2) is 4.79 Å². The van der Waals surface area contributed by atoms with Crippen LogP contribution < -0.4 is 4.90 Å². The quantitative estimate of drug-likeness (QED) is 0.714. The fourth-order valence-corrected chi connectivity index (χ4v) is 3.93. The molecule has 1 spiro atoms. The third-order valence-corrected chi connectivity index (χ3v) is 5.37. The first kappa shape index (κ1) is 23.5. The number of piperidine rings is 1. The lowest BCUT2D eigenvalue weighted by molar-refractivity contribution is -0.192. The number of aliphatic carboxylic acids is 1. The van der Waals surface area contributed by atoms with Gasteiger partial charge >= 0.3 is 12.1 Å². The number of halogens is 3. The van der Waals surface area contributed by atoms with Crippen molar-refractivity contribution in [3.63, 3.8) is 0 Å². The summed E-state index contributed by atoms with van der Waals surface area (Å²) in [7, 11) is 0. The van der Waals surface area contributed by atoms with E-state index in [1.807, 2.05) is 17.2 Å². The fraction of sp³-hybridized carbons (Fsp3) is 0.500. The molecule has 4 heterocycles. The van der Waals surface area contributed by atoms with E-state index in [0.717, 1.165) is 38.2 Å². The third kappa shape index (κ3) is 5.96. The molecule has 12 heteroatoms. The van der Waals surface area contributed by atoms with Gasteiger partial charge in [0.25, 0.3) is 5.91 Å². The summed E-state index contributed by atoms with van der Waals surface area (Å²) < 4.78 is 37.7. The minimum Gasteiger partial charge on any atom is -0.475 e. The number of H-pyrrole nitrogens is 1. The smallest absolute Gasteiger partial charge is 0.475 e. The molecule has 174 valence electrons. The van der Waals surface area contributed by atoms with Crippen molar-refractivity contribution in [3.05, 3.63) is 42.5 Å². The van der Waals surface area contributed by atoms with Crippen LogP contribution in [0.5, 0.6) is 0 Å². The number of nitrogens with one attached hydrogen (secondary N) is 1. The third-order valence-electron chi connectivity index (χ3n) is 5.37. The molecule has 2 N–H and O–H groups in total. The second-order valence-electron chi connectivity index (χ2n) is 7.79. The van der Waals surface area contributed by atoms with Crippen molar-refractivity contribution in [3.8, 4) is 0 Å². The first-order valence-corrected chi connectivity index (χ1v) is 10.0. The summed E-state index contributed by atoms with van der Waals surface area (Å²) in [6.45, 7) is 4.61. The van der Waals surface area contributed by atoms with E-state index in [2.05, 4.69) is 26.1 Å². The molecule has 1 amide bonds. The van der Waals surface area contributed by atoms with Crippen molar-refractivity contribution in [1.29, 1.82) is 0 Å². The molecule has 1 atom stereocenters. The van der Waals surface area contributed by atoms with Gasteiger partial charge in [-0.05, 0) is 31.0 Å². The number of carbonyl (C=O) groups excluding carboxylic acids is 1. The number of pyridine rings is 1. The first-order valence-electron chi connectivity index (χ1n) is 10.0. The van der Waals surface area contributed by atoms with Crippen molar-refractivity contribution < 1.29 is 32.6 Å². The molecule has 2 aromatic heterocycles. The number of ether oxygens (including phenoxy) is 1. The Morgan fingerprint density at radius 2 is 1.97 bits per heavy atom. The Labute approximate surface area is 182 Å². The Morgan fingerprint density at radius 3 is 2.59 bits per heavy atom. The summed E-state index contributed by atoms with van der Waals surface area (Å²) in [4.78, 5) is 30.1. The van der Waals surface area contributed by atoms with Crippen molar-refractivity contribution in [2.75, 3.05) is 44.3 Å². The zero-order valence-corrected chi connectivity index (χ0v) is 17.2. The SMILES string of the molecule is O=C(O)C(F)(F)F.O=C(c1ccn[nH]1)N1CCCC2(COCCN(c3cccnc3)C2)C1. The molecule has 0 aromatic carbocycles. The van der Waals surface area contributed by atoms with Crippen LogP contribution in [0, 0.1) is 5.41 Å². The van der Waals surface area contributed by atoms with E-state index in [-0.39, 0.29) is 11.3 Å². The first-order chi connectivity index (χ1) is 15.2. The molecule has 0 saturated carbocycles. The summed E-state index contributed by atoms with van der Waals surface area (Å²) >= 11 is 0. The maximum Gasteiger partial charge on any atom is 0.490 e. The summed E-state index contributed by atoms with van der Waals surface area (Å²) in [5, 5.41) is 13.8. The van der Waals surface area contributed by atoms with Gasteiger partial charge in [0, 0.05) is 44.0 Å². The average Bonchev–Trinajstić information content (AvgIpc) is 3.23. The number of likely N-dealkylation sites (tertiary alicyclic amines) is 1. The van der Waals surface area contributed by atoms with Crippen LogP contribution in [0.25, 0.3) is 0 Å². The van der Waals surface area contributed by atoms with Gasteiger partial charge < -0.3 is 19.6 Å². The maximum atomic E-state index is 12.7. The van der Waals surface area contributed by atoms with Crippen molar-refractivity contribution in [1.82, 2.24) is 20.1 Å². The van der Waals surface area contributed by atoms with Crippen molar-refractivity contribution in [2.24, 2.45) is 5.41 Å². The number of carboxylic acid groups (broad SMARTS) is 1. The molecule has 2 fully saturated rings. The van der Waals surface area contributed by atoms with E-state index in [1.54, 1.807) is 18.5 Å². The van der Waals surface area contributed by atoms with Crippen LogP contribution in [0.4, 0.5) is 18.9 Å². The summed E-state index contributed by atoms with van der Waals surface area (Å²) in [5.41, 5.74) is 1.63. The lowest BCUT2D eigenvalue weighted by atomic mass is 9.80.